The van der Waals surface area contributed by atoms with Crippen molar-refractivity contribution in [2.75, 3.05) is 26.5 Å². The van der Waals surface area contributed by atoms with Gasteiger partial charge in [-0.3, -0.25) is 19.3 Å². The number of carbonyl (C=O) groups is 3. The predicted molar refractivity (Wildman–Crippen MR) is 104 cm³/mol. The maximum Gasteiger partial charge on any atom is 0.299 e. The lowest BCUT2D eigenvalue weighted by Crippen LogP contribution is -2.58. The fourth-order valence-corrected chi connectivity index (χ4v) is 4.80. The van der Waals surface area contributed by atoms with E-state index in [1.807, 2.05) is 0 Å². The Morgan fingerprint density at radius 3 is 2.69 bits per heavy atom. The van der Waals surface area contributed by atoms with Crippen LogP contribution in [-0.4, -0.2) is 73.7 Å². The Labute approximate surface area is 168 Å². The lowest BCUT2D eigenvalue weighted by atomic mass is 10.1. The molecule has 1 aromatic carbocycles. The molecule has 156 valence electrons. The number of rotatable bonds is 4. The number of hydrogen-bond donors (Lipinski definition) is 1. The average molecular weight is 422 g/mol. The molecule has 1 aromatic rings. The van der Waals surface area contributed by atoms with E-state index < -0.39 is 33.7 Å². The largest absolute Gasteiger partial charge is 0.496 e. The number of para-hydroxylation sites is 1. The summed E-state index contributed by atoms with van der Waals surface area (Å²) in [5.74, 6) is -2.49. The topological polar surface area (TPSA) is 125 Å². The molecule has 2 heterocycles. The molecule has 1 fully saturated rings. The van der Waals surface area contributed by atoms with E-state index in [4.69, 9.17) is 4.74 Å². The van der Waals surface area contributed by atoms with Crippen molar-refractivity contribution < 1.29 is 27.5 Å². The van der Waals surface area contributed by atoms with Crippen LogP contribution in [0.1, 0.15) is 18.4 Å². The molecule has 1 unspecified atom stereocenters. The Morgan fingerprint density at radius 1 is 1.28 bits per heavy atom. The van der Waals surface area contributed by atoms with Gasteiger partial charge in [0.25, 0.3) is 17.6 Å². The number of Topliss-reactive ketones (excluding diaryl/α,β-unsaturated/α-hetero) is 1. The monoisotopic (exact) mass is 422 g/mol. The summed E-state index contributed by atoms with van der Waals surface area (Å²) < 4.78 is 31.0. The second kappa shape index (κ2) is 8.19. The summed E-state index contributed by atoms with van der Waals surface area (Å²) >= 11 is 0. The van der Waals surface area contributed by atoms with Gasteiger partial charge in [-0.2, -0.15) is 0 Å². The molecule has 11 heteroatoms. The Bertz CT molecular complexity index is 974. The van der Waals surface area contributed by atoms with Crippen LogP contribution in [0.3, 0.4) is 0 Å². The van der Waals surface area contributed by atoms with Gasteiger partial charge in [-0.1, -0.05) is 18.2 Å². The third kappa shape index (κ3) is 4.09. The van der Waals surface area contributed by atoms with Crippen molar-refractivity contribution in [2.45, 2.75) is 25.4 Å². The summed E-state index contributed by atoms with van der Waals surface area (Å²) in [6, 6.07) is 5.38. The number of aliphatic imine (C=N–C) groups is 1. The van der Waals surface area contributed by atoms with E-state index in [0.717, 1.165) is 9.21 Å². The third-order valence-corrected chi connectivity index (χ3v) is 6.60. The van der Waals surface area contributed by atoms with Crippen LogP contribution in [0.25, 0.3) is 0 Å². The summed E-state index contributed by atoms with van der Waals surface area (Å²) in [7, 11) is -0.896. The number of ketones is 1. The van der Waals surface area contributed by atoms with Crippen LogP contribution in [0.15, 0.2) is 29.3 Å². The molecule has 0 radical (unpaired) electrons. The number of benzene rings is 1. The average Bonchev–Trinajstić information content (AvgIpc) is 2.71. The Morgan fingerprint density at radius 2 is 2.00 bits per heavy atom. The molecule has 0 aromatic heterocycles. The van der Waals surface area contributed by atoms with Crippen molar-refractivity contribution in [2.24, 2.45) is 4.99 Å². The number of amides is 2. The van der Waals surface area contributed by atoms with E-state index in [2.05, 4.69) is 10.3 Å². The number of likely N-dealkylation sites (N-methyl/N-ethyl adjacent to an activating group) is 1. The summed E-state index contributed by atoms with van der Waals surface area (Å²) in [6.45, 7) is 0.200. The summed E-state index contributed by atoms with van der Waals surface area (Å²) in [5.41, 5.74) is 0.679. The highest BCUT2D eigenvalue weighted by molar-refractivity contribution is 7.89. The number of ether oxygens (including phenoxy) is 1. The Balaban J connectivity index is 1.84. The number of hydrogen-bond acceptors (Lipinski definition) is 7. The first-order chi connectivity index (χ1) is 13.8. The van der Waals surface area contributed by atoms with Crippen LogP contribution < -0.4 is 10.1 Å². The van der Waals surface area contributed by atoms with Gasteiger partial charge in [0.1, 0.15) is 5.75 Å². The number of carbonyl (C=O) groups excluding carboxylic acids is 3. The van der Waals surface area contributed by atoms with Crippen LogP contribution in [0, 0.1) is 0 Å². The van der Waals surface area contributed by atoms with Gasteiger partial charge < -0.3 is 10.1 Å². The minimum absolute atomic E-state index is 0.0591. The molecule has 0 bridgehead atoms. The molecule has 3 rings (SSSR count). The standard InChI is InChI=1S/C18H22N4O6S/c1-21-17(25)15(23)14(20-18(21)22-9-5-6-10-29(22,26)27)16(24)19-11-12-7-3-4-8-13(12)28-2/h3-4,7-8,14H,5-6,9-11H2,1-2H3,(H,19,24). The normalized spacial score (nSPS) is 21.6. The summed E-state index contributed by atoms with van der Waals surface area (Å²) in [6.07, 6.45) is 1.10. The molecule has 2 amide bonds. The molecule has 0 saturated carbocycles. The number of guanidine groups is 1. The zero-order chi connectivity index (χ0) is 21.2. The van der Waals surface area contributed by atoms with Crippen molar-refractivity contribution in [1.29, 1.82) is 0 Å². The van der Waals surface area contributed by atoms with Crippen molar-refractivity contribution in [3.05, 3.63) is 29.8 Å². The highest BCUT2D eigenvalue weighted by Crippen LogP contribution is 2.20. The molecular weight excluding hydrogens is 400 g/mol. The van der Waals surface area contributed by atoms with Gasteiger partial charge >= 0.3 is 0 Å². The predicted octanol–water partition coefficient (Wildman–Crippen LogP) is -0.497. The molecular formula is C18H22N4O6S. The van der Waals surface area contributed by atoms with E-state index in [9.17, 15) is 22.8 Å². The fourth-order valence-electron chi connectivity index (χ4n) is 3.18. The van der Waals surface area contributed by atoms with Crippen molar-refractivity contribution in [1.82, 2.24) is 14.5 Å². The van der Waals surface area contributed by atoms with Crippen LogP contribution >= 0.6 is 0 Å². The zero-order valence-corrected chi connectivity index (χ0v) is 16.9. The van der Waals surface area contributed by atoms with Gasteiger partial charge in [-0.25, -0.2) is 17.7 Å². The highest BCUT2D eigenvalue weighted by atomic mass is 32.2. The van der Waals surface area contributed by atoms with Gasteiger partial charge in [0, 0.05) is 25.7 Å². The summed E-state index contributed by atoms with van der Waals surface area (Å²) in [5, 5.41) is 2.57. The van der Waals surface area contributed by atoms with Gasteiger partial charge in [0.2, 0.25) is 16.0 Å². The maximum absolute atomic E-state index is 12.6. The molecule has 29 heavy (non-hydrogen) atoms. The second-order valence-electron chi connectivity index (χ2n) is 6.68. The van der Waals surface area contributed by atoms with Crippen LogP contribution in [0.4, 0.5) is 0 Å². The number of nitrogens with zero attached hydrogens (tertiary/aromatic N) is 3. The minimum Gasteiger partial charge on any atom is -0.496 e. The minimum atomic E-state index is -3.66. The second-order valence-corrected chi connectivity index (χ2v) is 8.70. The van der Waals surface area contributed by atoms with Crippen molar-refractivity contribution in [3.63, 3.8) is 0 Å². The lowest BCUT2D eigenvalue weighted by Gasteiger charge is -2.35. The molecule has 2 aliphatic heterocycles. The quantitative estimate of drug-likeness (QED) is 0.515. The molecule has 1 atom stereocenters. The molecule has 2 aliphatic rings. The molecule has 1 N–H and O–H groups in total. The maximum atomic E-state index is 12.6. The molecule has 10 nitrogen and oxygen atoms in total. The van der Waals surface area contributed by atoms with Crippen molar-refractivity contribution >= 4 is 33.6 Å². The van der Waals surface area contributed by atoms with E-state index >= 15 is 0 Å². The SMILES string of the molecule is COc1ccccc1CNC(=O)C1N=C(N2CCCCS2(=O)=O)N(C)C(=O)C1=O. The van der Waals surface area contributed by atoms with Gasteiger partial charge in [0.05, 0.1) is 12.9 Å². The smallest absolute Gasteiger partial charge is 0.299 e. The Kier molecular flexibility index (Phi) is 5.87. The first-order valence-corrected chi connectivity index (χ1v) is 10.7. The van der Waals surface area contributed by atoms with Gasteiger partial charge in [-0.05, 0) is 18.9 Å². The first kappa shape index (κ1) is 20.8. The van der Waals surface area contributed by atoms with E-state index in [-0.39, 0.29) is 24.8 Å². The number of sulfonamides is 1. The Hall–Kier alpha value is -2.95. The van der Waals surface area contributed by atoms with E-state index in [1.54, 1.807) is 24.3 Å². The van der Waals surface area contributed by atoms with E-state index in [1.165, 1.54) is 14.2 Å². The first-order valence-electron chi connectivity index (χ1n) is 9.06. The highest BCUT2D eigenvalue weighted by Gasteiger charge is 2.43. The molecule has 0 spiro atoms. The van der Waals surface area contributed by atoms with Crippen LogP contribution in [0.2, 0.25) is 0 Å². The van der Waals surface area contributed by atoms with Crippen molar-refractivity contribution in [3.8, 4) is 5.75 Å². The van der Waals surface area contributed by atoms with E-state index in [0.29, 0.717) is 24.2 Å². The zero-order valence-electron chi connectivity index (χ0n) is 16.1. The van der Waals surface area contributed by atoms with Crippen LogP contribution in [-0.2, 0) is 31.0 Å². The van der Waals surface area contributed by atoms with Crippen LogP contribution in [0.5, 0.6) is 5.75 Å². The summed E-state index contributed by atoms with van der Waals surface area (Å²) in [4.78, 5) is 42.2. The molecule has 1 saturated heterocycles. The number of methoxy groups -OCH3 is 1. The van der Waals surface area contributed by atoms with Gasteiger partial charge in [0.15, 0.2) is 6.04 Å². The third-order valence-electron chi connectivity index (χ3n) is 4.77. The number of nitrogens with one attached hydrogen (secondary N) is 1. The molecule has 0 aliphatic carbocycles. The fraction of sp³-hybridized carbons (Fsp3) is 0.444. The van der Waals surface area contributed by atoms with Gasteiger partial charge in [-0.15, -0.1) is 0 Å². The lowest BCUT2D eigenvalue weighted by molar-refractivity contribution is -0.145.